The van der Waals surface area contributed by atoms with E-state index in [4.69, 9.17) is 0 Å². The third-order valence-corrected chi connectivity index (χ3v) is 3.15. The maximum absolute atomic E-state index is 10.9. The third kappa shape index (κ3) is 1.60. The Balaban J connectivity index is 2.51. The van der Waals surface area contributed by atoms with Crippen LogP contribution in [0.5, 0.6) is 0 Å². The monoisotopic (exact) mass is 220 g/mol. The van der Waals surface area contributed by atoms with Crippen LogP contribution in [0.25, 0.3) is 21.5 Å². The van der Waals surface area contributed by atoms with Crippen LogP contribution in [-0.2, 0) is 0 Å². The van der Waals surface area contributed by atoms with Crippen LogP contribution >= 0.6 is 0 Å². The lowest BCUT2D eigenvalue weighted by molar-refractivity contribution is 0.112. The zero-order valence-electron chi connectivity index (χ0n) is 9.60. The fraction of sp³-hybridized carbons (Fsp3) is 0.0625. The topological polar surface area (TPSA) is 17.1 Å². The van der Waals surface area contributed by atoms with Crippen LogP contribution in [0.1, 0.15) is 15.9 Å². The van der Waals surface area contributed by atoms with Crippen molar-refractivity contribution < 1.29 is 4.79 Å². The van der Waals surface area contributed by atoms with Gasteiger partial charge < -0.3 is 0 Å². The Morgan fingerprint density at radius 1 is 0.824 bits per heavy atom. The van der Waals surface area contributed by atoms with Crippen molar-refractivity contribution in [2.24, 2.45) is 0 Å². The zero-order valence-corrected chi connectivity index (χ0v) is 9.60. The van der Waals surface area contributed by atoms with Crippen LogP contribution in [0.2, 0.25) is 0 Å². The third-order valence-electron chi connectivity index (χ3n) is 3.15. The molecule has 0 unspecified atom stereocenters. The molecular weight excluding hydrogens is 208 g/mol. The largest absolute Gasteiger partial charge is 0.298 e. The van der Waals surface area contributed by atoms with Crippen molar-refractivity contribution in [1.29, 1.82) is 0 Å². The van der Waals surface area contributed by atoms with Gasteiger partial charge in [-0.25, -0.2) is 0 Å². The summed E-state index contributed by atoms with van der Waals surface area (Å²) in [5, 5.41) is 4.75. The van der Waals surface area contributed by atoms with Gasteiger partial charge in [0, 0.05) is 5.56 Å². The zero-order chi connectivity index (χ0) is 11.8. The van der Waals surface area contributed by atoms with E-state index in [-0.39, 0.29) is 0 Å². The fourth-order valence-corrected chi connectivity index (χ4v) is 2.25. The lowest BCUT2D eigenvalue weighted by Crippen LogP contribution is -1.83. The van der Waals surface area contributed by atoms with E-state index in [1.54, 1.807) is 0 Å². The summed E-state index contributed by atoms with van der Waals surface area (Å²) in [7, 11) is 0. The average Bonchev–Trinajstić information content (AvgIpc) is 2.38. The molecule has 17 heavy (non-hydrogen) atoms. The smallest absolute Gasteiger partial charge is 0.150 e. The SMILES string of the molecule is Cc1ccc2ccc3ccc(C=O)cc3c2c1. The summed E-state index contributed by atoms with van der Waals surface area (Å²) in [4.78, 5) is 10.9. The normalized spacial score (nSPS) is 10.9. The first-order valence-electron chi connectivity index (χ1n) is 5.66. The first-order valence-corrected chi connectivity index (χ1v) is 5.66. The predicted molar refractivity (Wildman–Crippen MR) is 71.6 cm³/mol. The van der Waals surface area contributed by atoms with Gasteiger partial charge in [0.1, 0.15) is 6.29 Å². The molecule has 0 atom stereocenters. The molecule has 1 heteroatoms. The van der Waals surface area contributed by atoms with Crippen molar-refractivity contribution in [3.63, 3.8) is 0 Å². The van der Waals surface area contributed by atoms with Crippen molar-refractivity contribution in [2.75, 3.05) is 0 Å². The quantitative estimate of drug-likeness (QED) is 0.445. The molecule has 3 rings (SSSR count). The summed E-state index contributed by atoms with van der Waals surface area (Å²) in [6.07, 6.45) is 0.897. The van der Waals surface area contributed by atoms with Crippen molar-refractivity contribution in [1.82, 2.24) is 0 Å². The van der Waals surface area contributed by atoms with Crippen LogP contribution in [0.4, 0.5) is 0 Å². The highest BCUT2D eigenvalue weighted by Crippen LogP contribution is 2.26. The molecule has 3 aromatic rings. The fourth-order valence-electron chi connectivity index (χ4n) is 2.25. The first kappa shape index (κ1) is 10.0. The van der Waals surface area contributed by atoms with Gasteiger partial charge in [-0.05, 0) is 34.5 Å². The first-order chi connectivity index (χ1) is 8.28. The number of rotatable bonds is 1. The molecule has 3 aromatic carbocycles. The molecule has 0 amide bonds. The van der Waals surface area contributed by atoms with Crippen molar-refractivity contribution >= 4 is 27.8 Å². The summed E-state index contributed by atoms with van der Waals surface area (Å²) >= 11 is 0. The molecule has 0 aliphatic rings. The van der Waals surface area contributed by atoms with Crippen LogP contribution in [0.15, 0.2) is 48.5 Å². The molecule has 0 aromatic heterocycles. The van der Waals surface area contributed by atoms with Gasteiger partial charge in [0.2, 0.25) is 0 Å². The molecule has 0 saturated carbocycles. The molecule has 0 bridgehead atoms. The molecule has 82 valence electrons. The Kier molecular flexibility index (Phi) is 2.19. The highest BCUT2D eigenvalue weighted by molar-refractivity contribution is 6.08. The summed E-state index contributed by atoms with van der Waals surface area (Å²) < 4.78 is 0. The Bertz CT molecular complexity index is 726. The second kappa shape index (κ2) is 3.70. The van der Waals surface area contributed by atoms with Crippen molar-refractivity contribution in [2.45, 2.75) is 6.92 Å². The maximum atomic E-state index is 10.9. The van der Waals surface area contributed by atoms with Gasteiger partial charge in [0.15, 0.2) is 0 Å². The van der Waals surface area contributed by atoms with Crippen LogP contribution in [0, 0.1) is 6.92 Å². The molecular formula is C16H12O. The highest BCUT2D eigenvalue weighted by atomic mass is 16.1. The van der Waals surface area contributed by atoms with E-state index in [0.717, 1.165) is 17.2 Å². The summed E-state index contributed by atoms with van der Waals surface area (Å²) in [5.74, 6) is 0. The van der Waals surface area contributed by atoms with Gasteiger partial charge in [-0.3, -0.25) is 4.79 Å². The predicted octanol–water partition coefficient (Wildman–Crippen LogP) is 4.11. The lowest BCUT2D eigenvalue weighted by Gasteiger charge is -2.05. The van der Waals surface area contributed by atoms with Crippen LogP contribution in [-0.4, -0.2) is 6.29 Å². The van der Waals surface area contributed by atoms with Gasteiger partial charge >= 0.3 is 0 Å². The molecule has 0 N–H and O–H groups in total. The average molecular weight is 220 g/mol. The van der Waals surface area contributed by atoms with Crippen molar-refractivity contribution in [3.05, 3.63) is 59.7 Å². The van der Waals surface area contributed by atoms with Gasteiger partial charge in [-0.2, -0.15) is 0 Å². The number of fused-ring (bicyclic) bond motifs is 3. The Morgan fingerprint density at radius 2 is 1.41 bits per heavy atom. The molecule has 0 fully saturated rings. The Morgan fingerprint density at radius 3 is 2.12 bits per heavy atom. The number of benzene rings is 3. The molecule has 0 aliphatic carbocycles. The molecule has 0 spiro atoms. The number of aryl methyl sites for hydroxylation is 1. The lowest BCUT2D eigenvalue weighted by atomic mass is 9.99. The molecule has 0 saturated heterocycles. The number of hydrogen-bond acceptors (Lipinski definition) is 1. The molecule has 0 radical (unpaired) electrons. The minimum atomic E-state index is 0.728. The molecule has 0 heterocycles. The minimum absolute atomic E-state index is 0.728. The van der Waals surface area contributed by atoms with Gasteiger partial charge in [0.25, 0.3) is 0 Å². The highest BCUT2D eigenvalue weighted by Gasteiger charge is 2.01. The number of carbonyl (C=O) groups is 1. The van der Waals surface area contributed by atoms with E-state index in [9.17, 15) is 4.79 Å². The molecule has 0 aliphatic heterocycles. The number of aldehydes is 1. The van der Waals surface area contributed by atoms with Crippen LogP contribution < -0.4 is 0 Å². The summed E-state index contributed by atoms with van der Waals surface area (Å²) in [6.45, 7) is 2.09. The molecule has 1 nitrogen and oxygen atoms in total. The van der Waals surface area contributed by atoms with Crippen molar-refractivity contribution in [3.8, 4) is 0 Å². The van der Waals surface area contributed by atoms with E-state index in [0.29, 0.717) is 0 Å². The van der Waals surface area contributed by atoms with Gasteiger partial charge in [0.05, 0.1) is 0 Å². The maximum Gasteiger partial charge on any atom is 0.150 e. The number of carbonyl (C=O) groups excluding carboxylic acids is 1. The number of hydrogen-bond donors (Lipinski definition) is 0. The van der Waals surface area contributed by atoms with E-state index < -0.39 is 0 Å². The Labute approximate surface area is 99.7 Å². The summed E-state index contributed by atoms with van der Waals surface area (Å²) in [6, 6.07) is 16.4. The summed E-state index contributed by atoms with van der Waals surface area (Å²) in [5.41, 5.74) is 1.97. The van der Waals surface area contributed by atoms with Crippen LogP contribution in [0.3, 0.4) is 0 Å². The standard InChI is InChI=1S/C16H12O/c1-11-2-4-13-6-7-14-5-3-12(10-17)9-16(14)15(13)8-11/h2-10H,1H3. The van der Waals surface area contributed by atoms with Gasteiger partial charge in [-0.15, -0.1) is 0 Å². The second-order valence-corrected chi connectivity index (χ2v) is 4.39. The van der Waals surface area contributed by atoms with Gasteiger partial charge in [-0.1, -0.05) is 48.0 Å². The van der Waals surface area contributed by atoms with E-state index in [1.165, 1.54) is 21.7 Å². The Hall–Kier alpha value is -2.15. The van der Waals surface area contributed by atoms with E-state index in [1.807, 2.05) is 18.2 Å². The minimum Gasteiger partial charge on any atom is -0.298 e. The van der Waals surface area contributed by atoms with E-state index >= 15 is 0 Å². The second-order valence-electron chi connectivity index (χ2n) is 4.39. The van der Waals surface area contributed by atoms with E-state index in [2.05, 4.69) is 37.3 Å².